The Bertz CT molecular complexity index is 55.1. The van der Waals surface area contributed by atoms with Gasteiger partial charge in [0.25, 0.3) is 0 Å². The summed E-state index contributed by atoms with van der Waals surface area (Å²) in [6.45, 7) is 5.65. The zero-order valence-corrected chi connectivity index (χ0v) is 5.64. The van der Waals surface area contributed by atoms with Crippen molar-refractivity contribution < 1.29 is 0 Å². The Hall–Kier alpha value is 0.250. The summed E-state index contributed by atoms with van der Waals surface area (Å²) >= 11 is 0. The molecule has 0 atom stereocenters. The Labute approximate surface area is 50.9 Å². The van der Waals surface area contributed by atoms with Crippen LogP contribution < -0.4 is 5.32 Å². The van der Waals surface area contributed by atoms with Gasteiger partial charge in [0.2, 0.25) is 0 Å². The maximum Gasteiger partial charge on any atom is 0.0137 e. The third kappa shape index (κ3) is 1.66. The van der Waals surface area contributed by atoms with E-state index in [9.17, 15) is 0 Å². The van der Waals surface area contributed by atoms with Crippen molar-refractivity contribution in [1.29, 1.82) is 0 Å². The van der Waals surface area contributed by atoms with Crippen molar-refractivity contribution in [3.63, 3.8) is 0 Å². The van der Waals surface area contributed by atoms with Gasteiger partial charge in [0.15, 0.2) is 0 Å². The molecule has 1 rings (SSSR count). The molecule has 1 aliphatic rings. The van der Waals surface area contributed by atoms with Gasteiger partial charge in [0, 0.05) is 5.54 Å². The Kier molecular flexibility index (Phi) is 2.09. The summed E-state index contributed by atoms with van der Waals surface area (Å²) in [5.41, 5.74) is 0.472. The van der Waals surface area contributed by atoms with E-state index in [1.165, 1.54) is 13.0 Å². The predicted molar refractivity (Wildman–Crippen MR) is 33.9 cm³/mol. The van der Waals surface area contributed by atoms with E-state index in [1.807, 2.05) is 0 Å². The molecular formula is C5H12ClN. The van der Waals surface area contributed by atoms with Crippen LogP contribution in [0.5, 0.6) is 0 Å². The third-order valence-electron chi connectivity index (χ3n) is 1.35. The molecule has 0 aromatic rings. The van der Waals surface area contributed by atoms with E-state index < -0.39 is 0 Å². The Morgan fingerprint density at radius 1 is 1.43 bits per heavy atom. The van der Waals surface area contributed by atoms with Crippen molar-refractivity contribution in [3.05, 3.63) is 0 Å². The van der Waals surface area contributed by atoms with Crippen LogP contribution in [0.3, 0.4) is 0 Å². The van der Waals surface area contributed by atoms with Gasteiger partial charge < -0.3 is 5.32 Å². The SMILES string of the molecule is CC1(C)CCN1.Cl. The molecule has 44 valence electrons. The van der Waals surface area contributed by atoms with E-state index in [1.54, 1.807) is 0 Å². The minimum Gasteiger partial charge on any atom is -0.312 e. The van der Waals surface area contributed by atoms with Crippen molar-refractivity contribution >= 4 is 12.4 Å². The lowest BCUT2D eigenvalue weighted by Gasteiger charge is -2.35. The van der Waals surface area contributed by atoms with Gasteiger partial charge in [0.05, 0.1) is 0 Å². The summed E-state index contributed by atoms with van der Waals surface area (Å²) in [5, 5.41) is 3.28. The molecule has 0 aliphatic carbocycles. The van der Waals surface area contributed by atoms with Gasteiger partial charge in [-0.25, -0.2) is 0 Å². The summed E-state index contributed by atoms with van der Waals surface area (Å²) in [7, 11) is 0. The molecule has 1 nitrogen and oxygen atoms in total. The van der Waals surface area contributed by atoms with Crippen LogP contribution in [0.2, 0.25) is 0 Å². The predicted octanol–water partition coefficient (Wildman–Crippen LogP) is 1.18. The number of halogens is 1. The molecule has 1 N–H and O–H groups in total. The Morgan fingerprint density at radius 3 is 1.71 bits per heavy atom. The minimum absolute atomic E-state index is 0. The average molecular weight is 122 g/mol. The molecule has 0 saturated carbocycles. The lowest BCUT2D eigenvalue weighted by atomic mass is 9.93. The molecule has 0 unspecified atom stereocenters. The van der Waals surface area contributed by atoms with Crippen LogP contribution in [0, 0.1) is 0 Å². The highest BCUT2D eigenvalue weighted by Gasteiger charge is 2.23. The van der Waals surface area contributed by atoms with Crippen LogP contribution in [0.25, 0.3) is 0 Å². The standard InChI is InChI=1S/C5H11N.ClH/c1-5(2)3-4-6-5;/h6H,3-4H2,1-2H3;1H. The zero-order valence-electron chi connectivity index (χ0n) is 4.82. The first-order valence-electron chi connectivity index (χ1n) is 2.46. The third-order valence-corrected chi connectivity index (χ3v) is 1.35. The summed E-state index contributed by atoms with van der Waals surface area (Å²) in [5.74, 6) is 0. The van der Waals surface area contributed by atoms with Gasteiger partial charge in [-0.05, 0) is 26.8 Å². The lowest BCUT2D eigenvalue weighted by molar-refractivity contribution is 0.260. The molecule has 2 heteroatoms. The van der Waals surface area contributed by atoms with Crippen molar-refractivity contribution in [2.75, 3.05) is 6.54 Å². The van der Waals surface area contributed by atoms with Crippen LogP contribution in [-0.4, -0.2) is 12.1 Å². The fourth-order valence-electron chi connectivity index (χ4n) is 0.625. The maximum atomic E-state index is 3.28. The van der Waals surface area contributed by atoms with Gasteiger partial charge in [-0.15, -0.1) is 12.4 Å². The molecule has 1 fully saturated rings. The lowest BCUT2D eigenvalue weighted by Crippen LogP contribution is -2.51. The second-order valence-corrected chi connectivity index (χ2v) is 2.56. The summed E-state index contributed by atoms with van der Waals surface area (Å²) in [6, 6.07) is 0. The topological polar surface area (TPSA) is 12.0 Å². The summed E-state index contributed by atoms with van der Waals surface area (Å²) in [6.07, 6.45) is 1.34. The smallest absolute Gasteiger partial charge is 0.0137 e. The van der Waals surface area contributed by atoms with E-state index in [0.717, 1.165) is 0 Å². The molecule has 7 heavy (non-hydrogen) atoms. The van der Waals surface area contributed by atoms with E-state index in [2.05, 4.69) is 19.2 Å². The van der Waals surface area contributed by atoms with E-state index in [-0.39, 0.29) is 12.4 Å². The second kappa shape index (κ2) is 2.01. The summed E-state index contributed by atoms with van der Waals surface area (Å²) < 4.78 is 0. The first kappa shape index (κ1) is 7.25. The van der Waals surface area contributed by atoms with Crippen LogP contribution in [0.15, 0.2) is 0 Å². The first-order chi connectivity index (χ1) is 2.71. The first-order valence-corrected chi connectivity index (χ1v) is 2.46. The number of hydrogen-bond acceptors (Lipinski definition) is 1. The van der Waals surface area contributed by atoms with Gasteiger partial charge >= 0.3 is 0 Å². The molecule has 0 aromatic heterocycles. The highest BCUT2D eigenvalue weighted by atomic mass is 35.5. The molecule has 0 amide bonds. The molecular weight excluding hydrogens is 110 g/mol. The maximum absolute atomic E-state index is 3.28. The van der Waals surface area contributed by atoms with Crippen LogP contribution in [-0.2, 0) is 0 Å². The monoisotopic (exact) mass is 121 g/mol. The zero-order chi connectivity index (χ0) is 4.62. The molecule has 0 bridgehead atoms. The highest BCUT2D eigenvalue weighted by molar-refractivity contribution is 5.85. The molecule has 0 aromatic carbocycles. The fourth-order valence-corrected chi connectivity index (χ4v) is 0.625. The van der Waals surface area contributed by atoms with Crippen molar-refractivity contribution in [1.82, 2.24) is 5.32 Å². The average Bonchev–Trinajstić information content (AvgIpc) is 1.32. The molecule has 1 aliphatic heterocycles. The number of hydrogen-bond donors (Lipinski definition) is 1. The van der Waals surface area contributed by atoms with Crippen molar-refractivity contribution in [2.24, 2.45) is 0 Å². The normalized spacial score (nSPS) is 24.9. The largest absolute Gasteiger partial charge is 0.312 e. The Morgan fingerprint density at radius 2 is 1.71 bits per heavy atom. The fraction of sp³-hybridized carbons (Fsp3) is 1.00. The molecule has 0 spiro atoms. The Balaban J connectivity index is 0.000000360. The molecule has 1 saturated heterocycles. The van der Waals surface area contributed by atoms with Crippen LogP contribution in [0.1, 0.15) is 20.3 Å². The van der Waals surface area contributed by atoms with Crippen LogP contribution >= 0.6 is 12.4 Å². The minimum atomic E-state index is 0. The van der Waals surface area contributed by atoms with E-state index in [0.29, 0.717) is 5.54 Å². The number of rotatable bonds is 0. The van der Waals surface area contributed by atoms with E-state index in [4.69, 9.17) is 0 Å². The summed E-state index contributed by atoms with van der Waals surface area (Å²) in [4.78, 5) is 0. The van der Waals surface area contributed by atoms with E-state index >= 15 is 0 Å². The van der Waals surface area contributed by atoms with Gasteiger partial charge in [-0.3, -0.25) is 0 Å². The van der Waals surface area contributed by atoms with Crippen LogP contribution in [0.4, 0.5) is 0 Å². The molecule has 0 radical (unpaired) electrons. The highest BCUT2D eigenvalue weighted by Crippen LogP contribution is 2.14. The van der Waals surface area contributed by atoms with Gasteiger partial charge in [0.1, 0.15) is 0 Å². The van der Waals surface area contributed by atoms with Gasteiger partial charge in [-0.1, -0.05) is 0 Å². The molecule has 1 heterocycles. The van der Waals surface area contributed by atoms with Crippen molar-refractivity contribution in [3.8, 4) is 0 Å². The van der Waals surface area contributed by atoms with Crippen molar-refractivity contribution in [2.45, 2.75) is 25.8 Å². The quantitative estimate of drug-likeness (QED) is 0.508. The van der Waals surface area contributed by atoms with Gasteiger partial charge in [-0.2, -0.15) is 0 Å². The second-order valence-electron chi connectivity index (χ2n) is 2.56. The number of nitrogens with one attached hydrogen (secondary N) is 1.